The van der Waals surface area contributed by atoms with Crippen molar-refractivity contribution in [2.45, 2.75) is 6.92 Å². The Morgan fingerprint density at radius 2 is 1.86 bits per heavy atom. The molecule has 0 heterocycles. The molecule has 0 saturated heterocycles. The summed E-state index contributed by atoms with van der Waals surface area (Å²) in [4.78, 5) is 23.8. The minimum Gasteiger partial charge on any atom is -0.343 e. The maximum Gasteiger partial charge on any atom is 0.251 e. The van der Waals surface area contributed by atoms with E-state index in [4.69, 9.17) is 23.2 Å². The van der Waals surface area contributed by atoms with Gasteiger partial charge in [-0.2, -0.15) is 0 Å². The Bertz CT molecular complexity index is 717. The summed E-state index contributed by atoms with van der Waals surface area (Å²) in [5.74, 6) is -0.675. The molecule has 0 aliphatic carbocycles. The maximum absolute atomic E-state index is 11.9. The first kappa shape index (κ1) is 16.3. The second-order valence-corrected chi connectivity index (χ2v) is 5.57. The van der Waals surface area contributed by atoms with Crippen LogP contribution in [0, 0.1) is 6.92 Å². The maximum atomic E-state index is 11.9. The highest BCUT2D eigenvalue weighted by Gasteiger charge is 2.10. The number of carbonyl (C=O) groups is 2. The lowest BCUT2D eigenvalue weighted by Gasteiger charge is -2.09. The molecule has 4 nitrogen and oxygen atoms in total. The summed E-state index contributed by atoms with van der Waals surface area (Å²) >= 11 is 11.7. The van der Waals surface area contributed by atoms with Crippen molar-refractivity contribution in [3.63, 3.8) is 0 Å². The number of hydrogen-bond acceptors (Lipinski definition) is 2. The molecule has 0 saturated carbocycles. The normalized spacial score (nSPS) is 10.1. The minimum atomic E-state index is -0.370. The third-order valence-electron chi connectivity index (χ3n) is 2.89. The number of amides is 2. The number of nitrogens with one attached hydrogen (secondary N) is 2. The molecule has 0 fully saturated rings. The van der Waals surface area contributed by atoms with Gasteiger partial charge in [0.1, 0.15) is 0 Å². The van der Waals surface area contributed by atoms with Gasteiger partial charge in [-0.3, -0.25) is 9.59 Å². The number of aryl methyl sites for hydroxylation is 1. The highest BCUT2D eigenvalue weighted by atomic mass is 35.5. The third kappa shape index (κ3) is 4.48. The van der Waals surface area contributed by atoms with Crippen LogP contribution in [0.25, 0.3) is 0 Å². The topological polar surface area (TPSA) is 58.2 Å². The van der Waals surface area contributed by atoms with E-state index in [-0.39, 0.29) is 18.4 Å². The average molecular weight is 337 g/mol. The zero-order valence-corrected chi connectivity index (χ0v) is 13.3. The van der Waals surface area contributed by atoms with E-state index in [9.17, 15) is 9.59 Å². The molecule has 2 rings (SSSR count). The van der Waals surface area contributed by atoms with Crippen molar-refractivity contribution < 1.29 is 9.59 Å². The van der Waals surface area contributed by atoms with Gasteiger partial charge in [-0.15, -0.1) is 0 Å². The average Bonchev–Trinajstić information content (AvgIpc) is 2.47. The van der Waals surface area contributed by atoms with Crippen LogP contribution >= 0.6 is 23.2 Å². The van der Waals surface area contributed by atoms with E-state index in [2.05, 4.69) is 10.6 Å². The summed E-state index contributed by atoms with van der Waals surface area (Å²) in [5, 5.41) is 5.99. The molecule has 0 aliphatic heterocycles. The summed E-state index contributed by atoms with van der Waals surface area (Å²) < 4.78 is 0. The Kier molecular flexibility index (Phi) is 5.41. The molecule has 2 aromatic carbocycles. The SMILES string of the molecule is Cc1cccc(C(=O)NCC(=O)Nc2ccc(Cl)cc2Cl)c1. The largest absolute Gasteiger partial charge is 0.343 e. The smallest absolute Gasteiger partial charge is 0.251 e. The molecule has 2 aromatic rings. The first-order valence-electron chi connectivity index (χ1n) is 6.55. The fourth-order valence-electron chi connectivity index (χ4n) is 1.83. The molecular weight excluding hydrogens is 323 g/mol. The third-order valence-corrected chi connectivity index (χ3v) is 3.44. The van der Waals surface area contributed by atoms with Gasteiger partial charge in [0.2, 0.25) is 5.91 Å². The van der Waals surface area contributed by atoms with Crippen LogP contribution in [0.5, 0.6) is 0 Å². The summed E-state index contributed by atoms with van der Waals surface area (Å²) in [5.41, 5.74) is 1.93. The molecule has 0 aromatic heterocycles. The van der Waals surface area contributed by atoms with Crippen molar-refractivity contribution in [2.24, 2.45) is 0 Å². The molecule has 0 radical (unpaired) electrons. The zero-order chi connectivity index (χ0) is 16.1. The zero-order valence-electron chi connectivity index (χ0n) is 11.8. The molecular formula is C16H14Cl2N2O2. The number of hydrogen-bond donors (Lipinski definition) is 2. The van der Waals surface area contributed by atoms with E-state index in [1.54, 1.807) is 30.3 Å². The Morgan fingerprint density at radius 1 is 1.09 bits per heavy atom. The Hall–Kier alpha value is -2.04. The number of carbonyl (C=O) groups excluding carboxylic acids is 2. The van der Waals surface area contributed by atoms with E-state index in [0.29, 0.717) is 21.3 Å². The quantitative estimate of drug-likeness (QED) is 0.894. The summed E-state index contributed by atoms with van der Waals surface area (Å²) in [6.45, 7) is 1.75. The van der Waals surface area contributed by atoms with Gasteiger partial charge in [0.05, 0.1) is 17.3 Å². The lowest BCUT2D eigenvalue weighted by molar-refractivity contribution is -0.115. The van der Waals surface area contributed by atoms with E-state index in [1.165, 1.54) is 6.07 Å². The fraction of sp³-hybridized carbons (Fsp3) is 0.125. The van der Waals surface area contributed by atoms with Gasteiger partial charge >= 0.3 is 0 Å². The van der Waals surface area contributed by atoms with Crippen LogP contribution in [0.1, 0.15) is 15.9 Å². The molecule has 114 valence electrons. The van der Waals surface area contributed by atoms with Gasteiger partial charge < -0.3 is 10.6 Å². The molecule has 0 spiro atoms. The minimum absolute atomic E-state index is 0.147. The summed E-state index contributed by atoms with van der Waals surface area (Å²) in [7, 11) is 0. The standard InChI is InChI=1S/C16H14Cl2N2O2/c1-10-3-2-4-11(7-10)16(22)19-9-15(21)20-14-6-5-12(17)8-13(14)18/h2-8H,9H2,1H3,(H,19,22)(H,20,21). The predicted molar refractivity (Wildman–Crippen MR) is 88.6 cm³/mol. The van der Waals surface area contributed by atoms with Crippen molar-refractivity contribution >= 4 is 40.7 Å². The Morgan fingerprint density at radius 3 is 2.55 bits per heavy atom. The van der Waals surface area contributed by atoms with Crippen LogP contribution in [0.2, 0.25) is 10.0 Å². The second-order valence-electron chi connectivity index (χ2n) is 4.72. The molecule has 0 unspecified atom stereocenters. The van der Waals surface area contributed by atoms with E-state index in [0.717, 1.165) is 5.56 Å². The number of anilines is 1. The van der Waals surface area contributed by atoms with Crippen LogP contribution in [0.4, 0.5) is 5.69 Å². The van der Waals surface area contributed by atoms with Gasteiger partial charge in [-0.1, -0.05) is 40.9 Å². The van der Waals surface area contributed by atoms with Crippen molar-refractivity contribution in [1.82, 2.24) is 5.32 Å². The van der Waals surface area contributed by atoms with Gasteiger partial charge in [0.15, 0.2) is 0 Å². The summed E-state index contributed by atoms with van der Waals surface area (Å²) in [6.07, 6.45) is 0. The van der Waals surface area contributed by atoms with E-state index in [1.807, 2.05) is 13.0 Å². The van der Waals surface area contributed by atoms with Crippen molar-refractivity contribution in [1.29, 1.82) is 0 Å². The molecule has 22 heavy (non-hydrogen) atoms. The number of rotatable bonds is 4. The van der Waals surface area contributed by atoms with E-state index >= 15 is 0 Å². The first-order valence-corrected chi connectivity index (χ1v) is 7.31. The van der Waals surface area contributed by atoms with Gasteiger partial charge in [0.25, 0.3) is 5.91 Å². The van der Waals surface area contributed by atoms with Crippen LogP contribution in [0.3, 0.4) is 0 Å². The monoisotopic (exact) mass is 336 g/mol. The molecule has 2 amide bonds. The molecule has 6 heteroatoms. The van der Waals surface area contributed by atoms with Crippen molar-refractivity contribution in [3.8, 4) is 0 Å². The number of benzene rings is 2. The first-order chi connectivity index (χ1) is 10.5. The highest BCUT2D eigenvalue weighted by molar-refractivity contribution is 6.36. The fourth-order valence-corrected chi connectivity index (χ4v) is 2.29. The van der Waals surface area contributed by atoms with E-state index < -0.39 is 0 Å². The van der Waals surface area contributed by atoms with Gasteiger partial charge in [-0.25, -0.2) is 0 Å². The number of halogens is 2. The predicted octanol–water partition coefficient (Wildman–Crippen LogP) is 3.67. The lowest BCUT2D eigenvalue weighted by Crippen LogP contribution is -2.32. The van der Waals surface area contributed by atoms with Crippen LogP contribution in [-0.4, -0.2) is 18.4 Å². The highest BCUT2D eigenvalue weighted by Crippen LogP contribution is 2.25. The molecule has 0 aliphatic rings. The van der Waals surface area contributed by atoms with Crippen LogP contribution in [0.15, 0.2) is 42.5 Å². The van der Waals surface area contributed by atoms with Gasteiger partial charge in [-0.05, 0) is 37.3 Å². The van der Waals surface area contributed by atoms with Crippen LogP contribution < -0.4 is 10.6 Å². The lowest BCUT2D eigenvalue weighted by atomic mass is 10.1. The van der Waals surface area contributed by atoms with Crippen LogP contribution in [-0.2, 0) is 4.79 Å². The van der Waals surface area contributed by atoms with Gasteiger partial charge in [0, 0.05) is 10.6 Å². The second kappa shape index (κ2) is 7.29. The molecule has 0 bridgehead atoms. The molecule has 0 atom stereocenters. The Balaban J connectivity index is 1.91. The Labute approximate surface area is 138 Å². The van der Waals surface area contributed by atoms with Crippen molar-refractivity contribution in [3.05, 3.63) is 63.6 Å². The molecule has 2 N–H and O–H groups in total. The van der Waals surface area contributed by atoms with Crippen molar-refractivity contribution in [2.75, 3.05) is 11.9 Å². The summed E-state index contributed by atoms with van der Waals surface area (Å²) in [6, 6.07) is 11.9.